The zero-order chi connectivity index (χ0) is 12.1. The summed E-state index contributed by atoms with van der Waals surface area (Å²) in [6, 6.07) is 7.96. The van der Waals surface area contributed by atoms with Crippen LogP contribution in [0.2, 0.25) is 0 Å². The Morgan fingerprint density at radius 3 is 2.62 bits per heavy atom. The predicted molar refractivity (Wildman–Crippen MR) is 70.4 cm³/mol. The second-order valence-corrected chi connectivity index (χ2v) is 5.27. The van der Waals surface area contributed by atoms with Gasteiger partial charge in [0.15, 0.2) is 0 Å². The van der Waals surface area contributed by atoms with Gasteiger partial charge in [-0.25, -0.2) is 0 Å². The number of carbonyl (C=O) groups is 1. The van der Waals surface area contributed by atoms with Gasteiger partial charge in [-0.3, -0.25) is 4.79 Å². The average molecular weight is 284 g/mol. The molecule has 0 heterocycles. The van der Waals surface area contributed by atoms with Crippen LogP contribution in [0.4, 0.5) is 0 Å². The van der Waals surface area contributed by atoms with Crippen molar-refractivity contribution in [2.24, 2.45) is 5.92 Å². The fourth-order valence-corrected chi connectivity index (χ4v) is 2.18. The lowest BCUT2D eigenvalue weighted by Crippen LogP contribution is -2.26. The van der Waals surface area contributed by atoms with Crippen molar-refractivity contribution in [2.75, 3.05) is 7.05 Å². The number of benzene rings is 1. The van der Waals surface area contributed by atoms with Gasteiger partial charge in [0.2, 0.25) is 5.91 Å². The second-order valence-electron chi connectivity index (χ2n) is 4.35. The van der Waals surface area contributed by atoms with Crippen molar-refractivity contribution in [3.05, 3.63) is 34.3 Å². The third-order valence-corrected chi connectivity index (χ3v) is 3.01. The number of rotatable bonds is 4. The van der Waals surface area contributed by atoms with Gasteiger partial charge in [-0.2, -0.15) is 0 Å². The van der Waals surface area contributed by atoms with E-state index in [1.807, 2.05) is 24.3 Å². The van der Waals surface area contributed by atoms with Crippen LogP contribution >= 0.6 is 15.9 Å². The van der Waals surface area contributed by atoms with Gasteiger partial charge >= 0.3 is 0 Å². The van der Waals surface area contributed by atoms with Gasteiger partial charge in [0.05, 0.1) is 5.92 Å². The van der Waals surface area contributed by atoms with Crippen LogP contribution in [0.1, 0.15) is 31.7 Å². The first kappa shape index (κ1) is 13.2. The molecule has 0 aliphatic carbocycles. The minimum absolute atomic E-state index is 0.0532. The number of hydrogen-bond acceptors (Lipinski definition) is 1. The van der Waals surface area contributed by atoms with Gasteiger partial charge < -0.3 is 5.32 Å². The Bertz CT molecular complexity index is 363. The van der Waals surface area contributed by atoms with E-state index in [9.17, 15) is 4.79 Å². The van der Waals surface area contributed by atoms with E-state index in [2.05, 4.69) is 35.1 Å². The summed E-state index contributed by atoms with van der Waals surface area (Å²) < 4.78 is 1.02. The number of halogens is 1. The van der Waals surface area contributed by atoms with Gasteiger partial charge in [0.25, 0.3) is 0 Å². The van der Waals surface area contributed by atoms with Crippen LogP contribution in [-0.2, 0) is 4.79 Å². The molecule has 0 aliphatic heterocycles. The van der Waals surface area contributed by atoms with Crippen LogP contribution in [0.5, 0.6) is 0 Å². The molecular weight excluding hydrogens is 266 g/mol. The van der Waals surface area contributed by atoms with Gasteiger partial charge in [0.1, 0.15) is 0 Å². The van der Waals surface area contributed by atoms with E-state index in [1.54, 1.807) is 7.05 Å². The molecule has 0 radical (unpaired) electrons. The van der Waals surface area contributed by atoms with E-state index >= 15 is 0 Å². The van der Waals surface area contributed by atoms with E-state index < -0.39 is 0 Å². The molecule has 1 aromatic rings. The van der Waals surface area contributed by atoms with E-state index in [0.717, 1.165) is 16.5 Å². The minimum atomic E-state index is -0.0532. The molecule has 0 aliphatic rings. The maximum absolute atomic E-state index is 11.8. The quantitative estimate of drug-likeness (QED) is 0.902. The molecule has 2 nitrogen and oxygen atoms in total. The van der Waals surface area contributed by atoms with Crippen molar-refractivity contribution in [1.29, 1.82) is 0 Å². The molecule has 0 fully saturated rings. The van der Waals surface area contributed by atoms with E-state index in [-0.39, 0.29) is 11.8 Å². The van der Waals surface area contributed by atoms with Crippen LogP contribution in [0.25, 0.3) is 0 Å². The smallest absolute Gasteiger partial charge is 0.227 e. The molecule has 1 rings (SSSR count). The first-order valence-corrected chi connectivity index (χ1v) is 6.31. The molecule has 1 N–H and O–H groups in total. The molecule has 1 amide bonds. The van der Waals surface area contributed by atoms with Crippen molar-refractivity contribution in [2.45, 2.75) is 26.2 Å². The zero-order valence-corrected chi connectivity index (χ0v) is 11.5. The number of hydrogen-bond donors (Lipinski definition) is 1. The number of likely N-dealkylation sites (N-methyl/N-ethyl adjacent to an activating group) is 1. The van der Waals surface area contributed by atoms with Gasteiger partial charge in [-0.1, -0.05) is 41.9 Å². The molecule has 1 unspecified atom stereocenters. The van der Waals surface area contributed by atoms with Crippen molar-refractivity contribution >= 4 is 21.8 Å². The lowest BCUT2D eigenvalue weighted by atomic mass is 9.89. The van der Waals surface area contributed by atoms with E-state index in [4.69, 9.17) is 0 Å². The summed E-state index contributed by atoms with van der Waals surface area (Å²) in [5.41, 5.74) is 1.07. The van der Waals surface area contributed by atoms with Crippen LogP contribution in [0.15, 0.2) is 28.7 Å². The lowest BCUT2D eigenvalue weighted by molar-refractivity contribution is -0.122. The normalized spacial score (nSPS) is 12.6. The third-order valence-electron chi connectivity index (χ3n) is 2.52. The summed E-state index contributed by atoms with van der Waals surface area (Å²) in [4.78, 5) is 11.8. The Balaban J connectivity index is 2.96. The minimum Gasteiger partial charge on any atom is -0.359 e. The number of amides is 1. The molecule has 1 aromatic carbocycles. The first-order chi connectivity index (χ1) is 7.54. The number of nitrogens with one attached hydrogen (secondary N) is 1. The fraction of sp³-hybridized carbons (Fsp3) is 0.462. The third kappa shape index (κ3) is 3.63. The molecule has 1 atom stereocenters. The van der Waals surface area contributed by atoms with Crippen LogP contribution in [0.3, 0.4) is 0 Å². The predicted octanol–water partition coefficient (Wildman–Crippen LogP) is 3.32. The van der Waals surface area contributed by atoms with Crippen molar-refractivity contribution in [3.63, 3.8) is 0 Å². The summed E-state index contributed by atoms with van der Waals surface area (Å²) in [6.45, 7) is 4.27. The lowest BCUT2D eigenvalue weighted by Gasteiger charge is -2.18. The van der Waals surface area contributed by atoms with Crippen molar-refractivity contribution in [3.8, 4) is 0 Å². The van der Waals surface area contributed by atoms with Gasteiger partial charge in [0, 0.05) is 11.5 Å². The zero-order valence-electron chi connectivity index (χ0n) is 9.96. The van der Waals surface area contributed by atoms with Crippen molar-refractivity contribution in [1.82, 2.24) is 5.32 Å². The Morgan fingerprint density at radius 1 is 1.44 bits per heavy atom. The maximum atomic E-state index is 11.8. The standard InChI is InChI=1S/C13H18BrNO/c1-9(2)7-12(13(16)15-3)10-5-4-6-11(14)8-10/h4-6,8-9,12H,7H2,1-3H3,(H,15,16). The van der Waals surface area contributed by atoms with Crippen LogP contribution in [0, 0.1) is 5.92 Å². The summed E-state index contributed by atoms with van der Waals surface area (Å²) in [5.74, 6) is 0.538. The summed E-state index contributed by atoms with van der Waals surface area (Å²) in [7, 11) is 1.69. The molecular formula is C13H18BrNO. The molecule has 3 heteroatoms. The van der Waals surface area contributed by atoms with E-state index in [0.29, 0.717) is 5.92 Å². The van der Waals surface area contributed by atoms with Gasteiger partial charge in [-0.15, -0.1) is 0 Å². The largest absolute Gasteiger partial charge is 0.359 e. The Kier molecular flexibility index (Phi) is 5.00. The topological polar surface area (TPSA) is 29.1 Å². The highest BCUT2D eigenvalue weighted by Crippen LogP contribution is 2.26. The Hall–Kier alpha value is -0.830. The first-order valence-electron chi connectivity index (χ1n) is 5.51. The highest BCUT2D eigenvalue weighted by atomic mass is 79.9. The maximum Gasteiger partial charge on any atom is 0.227 e. The SMILES string of the molecule is CNC(=O)C(CC(C)C)c1cccc(Br)c1. The summed E-state index contributed by atoms with van der Waals surface area (Å²) in [6.07, 6.45) is 0.871. The highest BCUT2D eigenvalue weighted by Gasteiger charge is 2.20. The van der Waals surface area contributed by atoms with Gasteiger partial charge in [-0.05, 0) is 30.0 Å². The summed E-state index contributed by atoms with van der Waals surface area (Å²) >= 11 is 3.44. The molecule has 0 spiro atoms. The average Bonchev–Trinajstić information content (AvgIpc) is 2.24. The highest BCUT2D eigenvalue weighted by molar-refractivity contribution is 9.10. The monoisotopic (exact) mass is 283 g/mol. The molecule has 0 saturated carbocycles. The molecule has 0 bridgehead atoms. The molecule has 16 heavy (non-hydrogen) atoms. The Morgan fingerprint density at radius 2 is 2.12 bits per heavy atom. The summed E-state index contributed by atoms with van der Waals surface area (Å²) in [5, 5.41) is 2.73. The number of carbonyl (C=O) groups excluding carboxylic acids is 1. The molecule has 88 valence electrons. The van der Waals surface area contributed by atoms with Crippen molar-refractivity contribution < 1.29 is 4.79 Å². The molecule has 0 saturated heterocycles. The second kappa shape index (κ2) is 6.04. The van der Waals surface area contributed by atoms with Crippen LogP contribution in [-0.4, -0.2) is 13.0 Å². The van der Waals surface area contributed by atoms with Crippen LogP contribution < -0.4 is 5.32 Å². The van der Waals surface area contributed by atoms with E-state index in [1.165, 1.54) is 0 Å². The Labute approximate surface area is 106 Å². The fourth-order valence-electron chi connectivity index (χ4n) is 1.76. The molecule has 0 aromatic heterocycles.